The van der Waals surface area contributed by atoms with Crippen LogP contribution in [0.4, 0.5) is 0 Å². The van der Waals surface area contributed by atoms with Gasteiger partial charge < -0.3 is 4.90 Å². The number of nitrogens with zero attached hydrogens (tertiary/aromatic N) is 1. The minimum atomic E-state index is 1.18. The summed E-state index contributed by atoms with van der Waals surface area (Å²) in [6.07, 6.45) is 5.40. The Labute approximate surface area is 100 Å². The molecule has 1 aromatic carbocycles. The molecule has 2 heteroatoms. The maximum absolute atomic E-state index is 2.59. The van der Waals surface area contributed by atoms with Gasteiger partial charge in [0.1, 0.15) is 0 Å². The van der Waals surface area contributed by atoms with Gasteiger partial charge in [0.25, 0.3) is 0 Å². The standard InChI is InChI=1S/C14H21BN/c1-13-6-5-7-14(12-13)15-8-11-16-9-3-2-4-10-16/h5-7,12H,2-4,8-11H2,1H3. The van der Waals surface area contributed by atoms with Gasteiger partial charge in [-0.25, -0.2) is 0 Å². The third-order valence-corrected chi connectivity index (χ3v) is 3.32. The van der Waals surface area contributed by atoms with Crippen LogP contribution >= 0.6 is 0 Å². The van der Waals surface area contributed by atoms with E-state index >= 15 is 0 Å². The van der Waals surface area contributed by atoms with E-state index in [4.69, 9.17) is 0 Å². The van der Waals surface area contributed by atoms with Crippen LogP contribution in [0.5, 0.6) is 0 Å². The maximum Gasteiger partial charge on any atom is 0.152 e. The van der Waals surface area contributed by atoms with Gasteiger partial charge in [-0.05, 0) is 39.4 Å². The Hall–Kier alpha value is -0.755. The van der Waals surface area contributed by atoms with Crippen LogP contribution in [0.15, 0.2) is 24.3 Å². The lowest BCUT2D eigenvalue weighted by Crippen LogP contribution is -2.32. The van der Waals surface area contributed by atoms with Crippen LogP contribution in [0.25, 0.3) is 0 Å². The van der Waals surface area contributed by atoms with Gasteiger partial charge in [0.15, 0.2) is 7.28 Å². The average Bonchev–Trinajstić information content (AvgIpc) is 2.30. The molecule has 1 radical (unpaired) electrons. The van der Waals surface area contributed by atoms with Crippen LogP contribution < -0.4 is 5.46 Å². The van der Waals surface area contributed by atoms with Crippen LogP contribution in [0.1, 0.15) is 24.8 Å². The molecule has 2 rings (SSSR count). The zero-order valence-electron chi connectivity index (χ0n) is 10.3. The van der Waals surface area contributed by atoms with E-state index in [0.717, 1.165) is 0 Å². The van der Waals surface area contributed by atoms with E-state index in [1.807, 2.05) is 0 Å². The topological polar surface area (TPSA) is 3.24 Å². The van der Waals surface area contributed by atoms with E-state index in [-0.39, 0.29) is 0 Å². The lowest BCUT2D eigenvalue weighted by atomic mass is 9.67. The van der Waals surface area contributed by atoms with Gasteiger partial charge in [0.05, 0.1) is 0 Å². The molecule has 1 heterocycles. The fraction of sp³-hybridized carbons (Fsp3) is 0.571. The molecule has 1 fully saturated rings. The van der Waals surface area contributed by atoms with Gasteiger partial charge in [0, 0.05) is 0 Å². The Morgan fingerprint density at radius 3 is 2.75 bits per heavy atom. The fourth-order valence-corrected chi connectivity index (χ4v) is 2.39. The molecule has 0 saturated carbocycles. The molecule has 1 aromatic rings. The molecule has 1 aliphatic heterocycles. The van der Waals surface area contributed by atoms with E-state index in [2.05, 4.69) is 43.4 Å². The SMILES string of the molecule is Cc1cccc([B]CCN2CCCCC2)c1. The summed E-state index contributed by atoms with van der Waals surface area (Å²) in [5.41, 5.74) is 2.73. The molecule has 0 spiro atoms. The maximum atomic E-state index is 2.59. The van der Waals surface area contributed by atoms with E-state index in [1.165, 1.54) is 56.2 Å². The van der Waals surface area contributed by atoms with Crippen LogP contribution in [-0.4, -0.2) is 31.8 Å². The summed E-state index contributed by atoms with van der Waals surface area (Å²) in [4.78, 5) is 2.59. The number of benzene rings is 1. The van der Waals surface area contributed by atoms with Crippen molar-refractivity contribution in [3.63, 3.8) is 0 Å². The number of hydrogen-bond donors (Lipinski definition) is 0. The van der Waals surface area contributed by atoms with Gasteiger partial charge in [-0.2, -0.15) is 0 Å². The van der Waals surface area contributed by atoms with Crippen molar-refractivity contribution in [1.82, 2.24) is 4.90 Å². The predicted octanol–water partition coefficient (Wildman–Crippen LogP) is 2.23. The summed E-state index contributed by atoms with van der Waals surface area (Å²) < 4.78 is 0. The van der Waals surface area contributed by atoms with E-state index in [0.29, 0.717) is 0 Å². The van der Waals surface area contributed by atoms with Crippen molar-refractivity contribution in [3.8, 4) is 0 Å². The third kappa shape index (κ3) is 3.68. The quantitative estimate of drug-likeness (QED) is 0.694. The molecule has 16 heavy (non-hydrogen) atoms. The molecular formula is C14H21BN. The summed E-state index contributed by atoms with van der Waals surface area (Å²) in [5.74, 6) is 0. The summed E-state index contributed by atoms with van der Waals surface area (Å²) in [7, 11) is 2.36. The molecule has 0 atom stereocenters. The van der Waals surface area contributed by atoms with E-state index in [9.17, 15) is 0 Å². The van der Waals surface area contributed by atoms with E-state index in [1.54, 1.807) is 0 Å². The normalized spacial score (nSPS) is 17.3. The zero-order valence-corrected chi connectivity index (χ0v) is 10.3. The largest absolute Gasteiger partial charge is 0.304 e. The Morgan fingerprint density at radius 1 is 1.19 bits per heavy atom. The van der Waals surface area contributed by atoms with Crippen LogP contribution in [0, 0.1) is 6.92 Å². The molecule has 0 aromatic heterocycles. The summed E-state index contributed by atoms with van der Waals surface area (Å²) in [5, 5.41) is 0. The summed E-state index contributed by atoms with van der Waals surface area (Å²) in [6.45, 7) is 6.00. The van der Waals surface area contributed by atoms with Crippen molar-refractivity contribution >= 4 is 12.7 Å². The Balaban J connectivity index is 1.71. The monoisotopic (exact) mass is 214 g/mol. The average molecular weight is 214 g/mol. The number of hydrogen-bond acceptors (Lipinski definition) is 1. The van der Waals surface area contributed by atoms with Gasteiger partial charge in [0.2, 0.25) is 0 Å². The van der Waals surface area contributed by atoms with Gasteiger partial charge >= 0.3 is 0 Å². The molecule has 0 bridgehead atoms. The second kappa shape index (κ2) is 6.10. The van der Waals surface area contributed by atoms with Crippen molar-refractivity contribution in [2.24, 2.45) is 0 Å². The number of rotatable bonds is 4. The van der Waals surface area contributed by atoms with Crippen LogP contribution in [0.2, 0.25) is 6.32 Å². The highest BCUT2D eigenvalue weighted by atomic mass is 15.1. The van der Waals surface area contributed by atoms with Crippen molar-refractivity contribution in [1.29, 1.82) is 0 Å². The first-order valence-electron chi connectivity index (χ1n) is 6.47. The smallest absolute Gasteiger partial charge is 0.152 e. The highest BCUT2D eigenvalue weighted by molar-refractivity contribution is 6.53. The van der Waals surface area contributed by atoms with E-state index < -0.39 is 0 Å². The third-order valence-electron chi connectivity index (χ3n) is 3.32. The minimum Gasteiger partial charge on any atom is -0.304 e. The van der Waals surface area contributed by atoms with Crippen molar-refractivity contribution < 1.29 is 0 Å². The summed E-state index contributed by atoms with van der Waals surface area (Å²) in [6, 6.07) is 8.75. The first kappa shape index (κ1) is 11.7. The van der Waals surface area contributed by atoms with Crippen LogP contribution in [-0.2, 0) is 0 Å². The van der Waals surface area contributed by atoms with Crippen molar-refractivity contribution in [3.05, 3.63) is 29.8 Å². The predicted molar refractivity (Wildman–Crippen MR) is 71.7 cm³/mol. The highest BCUT2D eigenvalue weighted by Gasteiger charge is 2.09. The molecular weight excluding hydrogens is 193 g/mol. The molecule has 0 aliphatic carbocycles. The number of likely N-dealkylation sites (tertiary alicyclic amines) is 1. The first-order chi connectivity index (χ1) is 7.84. The van der Waals surface area contributed by atoms with Gasteiger partial charge in [-0.15, -0.1) is 0 Å². The number of aryl methyl sites for hydroxylation is 1. The fourth-order valence-electron chi connectivity index (χ4n) is 2.39. The minimum absolute atomic E-state index is 1.18. The second-order valence-corrected chi connectivity index (χ2v) is 4.81. The number of piperidine rings is 1. The first-order valence-corrected chi connectivity index (χ1v) is 6.47. The molecule has 1 aliphatic rings. The summed E-state index contributed by atoms with van der Waals surface area (Å²) >= 11 is 0. The van der Waals surface area contributed by atoms with Gasteiger partial charge in [-0.3, -0.25) is 0 Å². The molecule has 1 nitrogen and oxygen atoms in total. The Kier molecular flexibility index (Phi) is 4.47. The van der Waals surface area contributed by atoms with Crippen molar-refractivity contribution in [2.75, 3.05) is 19.6 Å². The lowest BCUT2D eigenvalue weighted by Gasteiger charge is -2.26. The van der Waals surface area contributed by atoms with Crippen molar-refractivity contribution in [2.45, 2.75) is 32.5 Å². The van der Waals surface area contributed by atoms with Gasteiger partial charge in [-0.1, -0.05) is 48.0 Å². The zero-order chi connectivity index (χ0) is 11.2. The lowest BCUT2D eigenvalue weighted by molar-refractivity contribution is 0.240. The highest BCUT2D eigenvalue weighted by Crippen LogP contribution is 2.08. The Bertz CT molecular complexity index is 318. The molecule has 1 saturated heterocycles. The molecule has 0 N–H and O–H groups in total. The molecule has 0 unspecified atom stereocenters. The molecule has 85 valence electrons. The van der Waals surface area contributed by atoms with Crippen LogP contribution in [0.3, 0.4) is 0 Å². The second-order valence-electron chi connectivity index (χ2n) is 4.81. The Morgan fingerprint density at radius 2 is 2.00 bits per heavy atom. The molecule has 0 amide bonds.